The minimum Gasteiger partial charge on any atom is -0.465 e. The second kappa shape index (κ2) is 6.17. The third-order valence-corrected chi connectivity index (χ3v) is 2.71. The van der Waals surface area contributed by atoms with Crippen LogP contribution in [0, 0.1) is 0 Å². The number of alkyl halides is 3. The molecule has 2 N–H and O–H groups in total. The highest BCUT2D eigenvalue weighted by atomic mass is 32.2. The van der Waals surface area contributed by atoms with Gasteiger partial charge in [-0.2, -0.15) is 13.2 Å². The van der Waals surface area contributed by atoms with Crippen LogP contribution in [0.3, 0.4) is 0 Å². The molecule has 0 bridgehead atoms. The van der Waals surface area contributed by atoms with Gasteiger partial charge in [0, 0.05) is 6.54 Å². The number of hydrogen-bond donors (Lipinski definition) is 2. The summed E-state index contributed by atoms with van der Waals surface area (Å²) in [5.41, 5.74) is 0. The van der Waals surface area contributed by atoms with E-state index < -0.39 is 40.6 Å². The van der Waals surface area contributed by atoms with Crippen LogP contribution >= 0.6 is 0 Å². The monoisotopic (exact) mass is 279 g/mol. The Labute approximate surface area is 95.8 Å². The average molecular weight is 279 g/mol. The van der Waals surface area contributed by atoms with Crippen LogP contribution in [0.4, 0.5) is 13.2 Å². The van der Waals surface area contributed by atoms with E-state index in [9.17, 15) is 26.4 Å². The van der Waals surface area contributed by atoms with Gasteiger partial charge in [0.25, 0.3) is 0 Å². The maximum absolute atomic E-state index is 11.8. The van der Waals surface area contributed by atoms with E-state index >= 15 is 0 Å². The number of nitrogens with one attached hydrogen (secondary N) is 1. The number of halogens is 3. The molecule has 1 atom stereocenters. The maximum atomic E-state index is 11.8. The fourth-order valence-corrected chi connectivity index (χ4v) is 1.64. The lowest BCUT2D eigenvalue weighted by Gasteiger charge is -2.14. The number of sulfonamides is 1. The molecule has 0 saturated heterocycles. The van der Waals surface area contributed by atoms with Gasteiger partial charge in [0.15, 0.2) is 11.9 Å². The lowest BCUT2D eigenvalue weighted by molar-refractivity contribution is -0.200. The normalized spacial score (nSPS) is 14.4. The number of aliphatic hydroxyl groups excluding tert-OH is 1. The number of aliphatic hydroxyl groups is 1. The Morgan fingerprint density at radius 1 is 1.47 bits per heavy atom. The van der Waals surface area contributed by atoms with E-state index in [0.717, 1.165) is 0 Å². The molecule has 102 valence electrons. The molecule has 10 heteroatoms. The first-order chi connectivity index (χ1) is 7.58. The first kappa shape index (κ1) is 16.1. The van der Waals surface area contributed by atoms with Crippen LogP contribution in [-0.2, 0) is 19.6 Å². The molecule has 0 aromatic heterocycles. The summed E-state index contributed by atoms with van der Waals surface area (Å²) in [5.74, 6) is -2.17. The van der Waals surface area contributed by atoms with Crippen molar-refractivity contribution >= 4 is 16.0 Å². The van der Waals surface area contributed by atoms with Crippen molar-refractivity contribution in [3.8, 4) is 0 Å². The van der Waals surface area contributed by atoms with E-state index in [1.165, 1.54) is 11.6 Å². The number of hydrogen-bond acceptors (Lipinski definition) is 5. The molecular weight excluding hydrogens is 267 g/mol. The summed E-state index contributed by atoms with van der Waals surface area (Å²) >= 11 is 0. The molecule has 0 heterocycles. The van der Waals surface area contributed by atoms with E-state index in [1.54, 1.807) is 0 Å². The Hall–Kier alpha value is -0.870. The number of ether oxygens (including phenoxy) is 1. The van der Waals surface area contributed by atoms with E-state index in [1.807, 2.05) is 0 Å². The Balaban J connectivity index is 4.24. The molecule has 0 radical (unpaired) electrons. The zero-order chi connectivity index (χ0) is 13.7. The molecule has 6 nitrogen and oxygen atoms in total. The summed E-state index contributed by atoms with van der Waals surface area (Å²) in [6.07, 6.45) is -7.74. The summed E-state index contributed by atoms with van der Waals surface area (Å²) in [6, 6.07) is 0. The largest absolute Gasteiger partial charge is 0.465 e. The van der Waals surface area contributed by atoms with Crippen LogP contribution < -0.4 is 4.72 Å². The van der Waals surface area contributed by atoms with Crippen molar-refractivity contribution in [1.29, 1.82) is 0 Å². The minimum atomic E-state index is -4.92. The maximum Gasteiger partial charge on any atom is 0.415 e. The molecular formula is C7H12F3NO5S. The van der Waals surface area contributed by atoms with Crippen molar-refractivity contribution in [3.05, 3.63) is 0 Å². The van der Waals surface area contributed by atoms with Crippen LogP contribution in [0.25, 0.3) is 0 Å². The number of carbonyl (C=O) groups excluding carboxylic acids is 1. The minimum absolute atomic E-state index is 0.0421. The predicted molar refractivity (Wildman–Crippen MR) is 50.5 cm³/mol. The van der Waals surface area contributed by atoms with Crippen LogP contribution in [0.5, 0.6) is 0 Å². The molecule has 17 heavy (non-hydrogen) atoms. The summed E-state index contributed by atoms with van der Waals surface area (Å²) in [4.78, 5) is 10.8. The highest BCUT2D eigenvalue weighted by molar-refractivity contribution is 7.90. The molecule has 0 saturated carbocycles. The molecule has 0 aliphatic rings. The molecule has 0 aromatic carbocycles. The zero-order valence-electron chi connectivity index (χ0n) is 8.82. The third kappa shape index (κ3) is 7.13. The fourth-order valence-electron chi connectivity index (χ4n) is 0.730. The Morgan fingerprint density at radius 2 is 2.00 bits per heavy atom. The van der Waals surface area contributed by atoms with E-state index in [-0.39, 0.29) is 6.61 Å². The molecule has 0 aromatic rings. The lowest BCUT2D eigenvalue weighted by Crippen LogP contribution is -2.42. The van der Waals surface area contributed by atoms with Crippen molar-refractivity contribution in [1.82, 2.24) is 4.72 Å². The van der Waals surface area contributed by atoms with Gasteiger partial charge in [0.2, 0.25) is 10.0 Å². The van der Waals surface area contributed by atoms with Crippen molar-refractivity contribution in [3.63, 3.8) is 0 Å². The summed E-state index contributed by atoms with van der Waals surface area (Å²) < 4.78 is 63.4. The SMILES string of the molecule is CCOC(=O)CS(=O)(=O)NCC(O)C(F)(F)F. The smallest absolute Gasteiger partial charge is 0.415 e. The molecule has 1 unspecified atom stereocenters. The van der Waals surface area contributed by atoms with Crippen LogP contribution in [0.1, 0.15) is 6.92 Å². The molecule has 0 fully saturated rings. The Morgan fingerprint density at radius 3 is 2.41 bits per heavy atom. The van der Waals surface area contributed by atoms with E-state index in [0.29, 0.717) is 0 Å². The Kier molecular flexibility index (Phi) is 5.85. The van der Waals surface area contributed by atoms with Crippen molar-refractivity contribution in [2.24, 2.45) is 0 Å². The van der Waals surface area contributed by atoms with Crippen molar-refractivity contribution in [2.75, 3.05) is 18.9 Å². The summed E-state index contributed by atoms with van der Waals surface area (Å²) in [5, 5.41) is 8.52. The number of esters is 1. The number of carbonyl (C=O) groups is 1. The topological polar surface area (TPSA) is 92.7 Å². The second-order valence-electron chi connectivity index (χ2n) is 2.97. The van der Waals surface area contributed by atoms with Gasteiger partial charge in [-0.15, -0.1) is 0 Å². The van der Waals surface area contributed by atoms with Gasteiger partial charge in [-0.3, -0.25) is 4.79 Å². The van der Waals surface area contributed by atoms with E-state index in [2.05, 4.69) is 4.74 Å². The quantitative estimate of drug-likeness (QED) is 0.633. The van der Waals surface area contributed by atoms with Gasteiger partial charge in [-0.05, 0) is 6.92 Å². The van der Waals surface area contributed by atoms with Gasteiger partial charge in [-0.1, -0.05) is 0 Å². The summed E-state index contributed by atoms with van der Waals surface area (Å²) in [7, 11) is -4.24. The predicted octanol–water partition coefficient (Wildman–Crippen LogP) is -0.608. The molecule has 0 aliphatic carbocycles. The lowest BCUT2D eigenvalue weighted by atomic mass is 10.4. The van der Waals surface area contributed by atoms with Gasteiger partial charge < -0.3 is 9.84 Å². The highest BCUT2D eigenvalue weighted by Gasteiger charge is 2.38. The standard InChI is InChI=1S/C7H12F3NO5S/c1-2-16-6(13)4-17(14,15)11-3-5(12)7(8,9)10/h5,11-12H,2-4H2,1H3. The molecule has 0 amide bonds. The van der Waals surface area contributed by atoms with Gasteiger partial charge in [-0.25, -0.2) is 13.1 Å². The Bertz CT molecular complexity index is 353. The molecule has 0 aliphatic heterocycles. The fraction of sp³-hybridized carbons (Fsp3) is 0.857. The van der Waals surface area contributed by atoms with Gasteiger partial charge >= 0.3 is 12.1 Å². The zero-order valence-corrected chi connectivity index (χ0v) is 9.64. The first-order valence-corrected chi connectivity index (χ1v) is 6.11. The van der Waals surface area contributed by atoms with Gasteiger partial charge in [0.1, 0.15) is 0 Å². The van der Waals surface area contributed by atoms with Gasteiger partial charge in [0.05, 0.1) is 6.61 Å². The third-order valence-electron chi connectivity index (χ3n) is 1.49. The summed E-state index contributed by atoms with van der Waals surface area (Å²) in [6.45, 7) is 0.163. The second-order valence-corrected chi connectivity index (χ2v) is 4.78. The highest BCUT2D eigenvalue weighted by Crippen LogP contribution is 2.19. The molecule has 0 rings (SSSR count). The average Bonchev–Trinajstić information content (AvgIpc) is 2.12. The van der Waals surface area contributed by atoms with Crippen LogP contribution in [-0.4, -0.2) is 50.7 Å². The number of rotatable bonds is 6. The van der Waals surface area contributed by atoms with Crippen molar-refractivity contribution < 1.29 is 36.2 Å². The van der Waals surface area contributed by atoms with E-state index in [4.69, 9.17) is 5.11 Å². The molecule has 0 spiro atoms. The van der Waals surface area contributed by atoms with Crippen molar-refractivity contribution in [2.45, 2.75) is 19.2 Å². The van der Waals surface area contributed by atoms with Crippen LogP contribution in [0.15, 0.2) is 0 Å². The van der Waals surface area contributed by atoms with Crippen LogP contribution in [0.2, 0.25) is 0 Å². The first-order valence-electron chi connectivity index (χ1n) is 4.46.